The number of rotatable bonds is 4. The van der Waals surface area contributed by atoms with E-state index in [1.165, 1.54) is 10.4 Å². The third-order valence-electron chi connectivity index (χ3n) is 4.64. The predicted molar refractivity (Wildman–Crippen MR) is 98.8 cm³/mol. The van der Waals surface area contributed by atoms with Crippen molar-refractivity contribution >= 4 is 39.7 Å². The lowest BCUT2D eigenvalue weighted by atomic mass is 10.1. The highest BCUT2D eigenvalue weighted by atomic mass is 35.5. The summed E-state index contributed by atoms with van der Waals surface area (Å²) in [7, 11) is -3.55. The van der Waals surface area contributed by atoms with Gasteiger partial charge in [0.05, 0.1) is 18.8 Å². The maximum absolute atomic E-state index is 12.7. The molecule has 2 N–H and O–H groups in total. The first-order valence-electron chi connectivity index (χ1n) is 8.11. The molecule has 2 fully saturated rings. The second-order valence-corrected chi connectivity index (χ2v) is 9.39. The molecular weight excluding hydrogens is 386 g/mol. The van der Waals surface area contributed by atoms with Crippen molar-refractivity contribution in [3.05, 3.63) is 17.0 Å². The van der Waals surface area contributed by atoms with Crippen LogP contribution >= 0.6 is 23.7 Å². The molecule has 2 saturated heterocycles. The minimum atomic E-state index is -3.55. The third-order valence-corrected chi connectivity index (χ3v) is 7.96. The number of carbonyl (C=O) groups is 1. The first kappa shape index (κ1) is 20.6. The number of halogens is 1. The topological polar surface area (TPSA) is 92.9 Å². The van der Waals surface area contributed by atoms with Crippen LogP contribution in [0, 0.1) is 5.92 Å². The monoisotopic (exact) mass is 409 g/mol. The summed E-state index contributed by atoms with van der Waals surface area (Å²) in [6, 6.07) is 1.63. The molecule has 0 bridgehead atoms. The summed E-state index contributed by atoms with van der Waals surface area (Å²) in [6.45, 7) is 4.72. The van der Waals surface area contributed by atoms with Crippen molar-refractivity contribution in [2.75, 3.05) is 39.4 Å². The lowest BCUT2D eigenvalue weighted by Crippen LogP contribution is -2.40. The fourth-order valence-corrected chi connectivity index (χ4v) is 5.95. The highest BCUT2D eigenvalue weighted by Gasteiger charge is 2.34. The van der Waals surface area contributed by atoms with Crippen molar-refractivity contribution in [1.29, 1.82) is 0 Å². The number of carbonyl (C=O) groups excluding carboxylic acids is 1. The Bertz CT molecular complexity index is 703. The quantitative estimate of drug-likeness (QED) is 0.800. The summed E-state index contributed by atoms with van der Waals surface area (Å²) in [5.41, 5.74) is 6.15. The van der Waals surface area contributed by atoms with Crippen LogP contribution in [0.1, 0.15) is 23.7 Å². The van der Waals surface area contributed by atoms with Crippen LogP contribution in [0.25, 0.3) is 0 Å². The fourth-order valence-electron chi connectivity index (χ4n) is 3.24. The smallest absolute Gasteiger partial charge is 0.254 e. The molecule has 0 aromatic carbocycles. The average molecular weight is 410 g/mol. The van der Waals surface area contributed by atoms with Gasteiger partial charge in [0.1, 0.15) is 4.21 Å². The van der Waals surface area contributed by atoms with Crippen LogP contribution < -0.4 is 5.73 Å². The molecule has 2 atom stereocenters. The summed E-state index contributed by atoms with van der Waals surface area (Å²) in [5, 5.41) is 1.64. The normalized spacial score (nSPS) is 25.0. The van der Waals surface area contributed by atoms with E-state index >= 15 is 0 Å². The van der Waals surface area contributed by atoms with Crippen LogP contribution in [0.4, 0.5) is 0 Å². The van der Waals surface area contributed by atoms with Crippen LogP contribution in [-0.2, 0) is 14.8 Å². The van der Waals surface area contributed by atoms with Gasteiger partial charge in [0.25, 0.3) is 15.9 Å². The molecule has 0 spiro atoms. The first-order valence-corrected chi connectivity index (χ1v) is 10.4. The second kappa shape index (κ2) is 8.32. The molecule has 142 valence electrons. The van der Waals surface area contributed by atoms with E-state index in [1.54, 1.807) is 10.3 Å². The molecule has 2 unspecified atom stereocenters. The third kappa shape index (κ3) is 4.17. The maximum atomic E-state index is 12.7. The van der Waals surface area contributed by atoms with Gasteiger partial charge in [-0.15, -0.1) is 23.7 Å². The lowest BCUT2D eigenvalue weighted by molar-refractivity contribution is 0.0730. The highest BCUT2D eigenvalue weighted by molar-refractivity contribution is 7.91. The standard InChI is InChI=1S/C15H23N3O4S2.ClH/c1-11-6-12(8-16)9-18(11)15(19)13-7-14(23-10-13)24(20,21)17-2-4-22-5-3-17;/h7,10-12H,2-6,8-9,16H2,1H3;1H. The molecule has 0 radical (unpaired) electrons. The number of morpholine rings is 1. The van der Waals surface area contributed by atoms with Gasteiger partial charge in [-0.3, -0.25) is 4.79 Å². The van der Waals surface area contributed by atoms with E-state index in [0.717, 1.165) is 17.8 Å². The van der Waals surface area contributed by atoms with E-state index in [2.05, 4.69) is 0 Å². The Morgan fingerprint density at radius 1 is 1.40 bits per heavy atom. The van der Waals surface area contributed by atoms with Gasteiger partial charge in [-0.25, -0.2) is 8.42 Å². The number of hydrogen-bond donors (Lipinski definition) is 1. The van der Waals surface area contributed by atoms with E-state index in [-0.39, 0.29) is 28.6 Å². The van der Waals surface area contributed by atoms with Gasteiger partial charge in [0.15, 0.2) is 0 Å². The van der Waals surface area contributed by atoms with Gasteiger partial charge in [-0.05, 0) is 31.9 Å². The number of likely N-dealkylation sites (tertiary alicyclic amines) is 1. The van der Waals surface area contributed by atoms with Gasteiger partial charge >= 0.3 is 0 Å². The molecule has 1 amide bonds. The number of ether oxygens (including phenoxy) is 1. The van der Waals surface area contributed by atoms with Gasteiger partial charge in [0, 0.05) is 31.1 Å². The largest absolute Gasteiger partial charge is 0.379 e. The summed E-state index contributed by atoms with van der Waals surface area (Å²) in [4.78, 5) is 14.5. The molecule has 25 heavy (non-hydrogen) atoms. The van der Waals surface area contributed by atoms with Crippen molar-refractivity contribution in [3.63, 3.8) is 0 Å². The van der Waals surface area contributed by atoms with Crippen molar-refractivity contribution in [2.45, 2.75) is 23.6 Å². The lowest BCUT2D eigenvalue weighted by Gasteiger charge is -2.25. The summed E-state index contributed by atoms with van der Waals surface area (Å²) in [6.07, 6.45) is 0.894. The predicted octanol–water partition coefficient (Wildman–Crippen LogP) is 1.00. The first-order chi connectivity index (χ1) is 11.4. The van der Waals surface area contributed by atoms with E-state index in [1.807, 2.05) is 6.92 Å². The Labute approximate surface area is 158 Å². The van der Waals surface area contributed by atoms with Crippen molar-refractivity contribution < 1.29 is 17.9 Å². The van der Waals surface area contributed by atoms with Gasteiger partial charge in [-0.1, -0.05) is 0 Å². The Balaban J connectivity index is 0.00000225. The molecule has 10 heteroatoms. The summed E-state index contributed by atoms with van der Waals surface area (Å²) in [5.74, 6) is 0.206. The minimum absolute atomic E-state index is 0. The van der Waals surface area contributed by atoms with E-state index in [4.69, 9.17) is 10.5 Å². The van der Waals surface area contributed by atoms with Crippen molar-refractivity contribution in [3.8, 4) is 0 Å². The molecule has 1 aromatic rings. The molecule has 1 aromatic heterocycles. The number of sulfonamides is 1. The van der Waals surface area contributed by atoms with Crippen LogP contribution in [0.15, 0.2) is 15.7 Å². The minimum Gasteiger partial charge on any atom is -0.379 e. The molecule has 2 aliphatic rings. The molecule has 3 heterocycles. The summed E-state index contributed by atoms with van der Waals surface area (Å²) < 4.78 is 32.1. The molecule has 7 nitrogen and oxygen atoms in total. The number of thiophene rings is 1. The molecule has 2 aliphatic heterocycles. The fraction of sp³-hybridized carbons (Fsp3) is 0.667. The number of hydrogen-bond acceptors (Lipinski definition) is 6. The zero-order chi connectivity index (χ0) is 17.3. The number of amides is 1. The van der Waals surface area contributed by atoms with Crippen molar-refractivity contribution in [1.82, 2.24) is 9.21 Å². The Kier molecular flexibility index (Phi) is 6.86. The van der Waals surface area contributed by atoms with Crippen LogP contribution in [-0.4, -0.2) is 69.0 Å². The Hall–Kier alpha value is -0.710. The van der Waals surface area contributed by atoms with Gasteiger partial charge in [0.2, 0.25) is 0 Å². The average Bonchev–Trinajstić information content (AvgIpc) is 3.22. The number of nitrogens with two attached hydrogens (primary N) is 1. The Morgan fingerprint density at radius 2 is 2.08 bits per heavy atom. The summed E-state index contributed by atoms with van der Waals surface area (Å²) >= 11 is 1.10. The van der Waals surface area contributed by atoms with E-state index in [0.29, 0.717) is 50.9 Å². The second-order valence-electron chi connectivity index (χ2n) is 6.31. The van der Waals surface area contributed by atoms with Crippen LogP contribution in [0.3, 0.4) is 0 Å². The molecular formula is C15H24ClN3O4S2. The molecule has 3 rings (SSSR count). The zero-order valence-corrected chi connectivity index (χ0v) is 16.5. The van der Waals surface area contributed by atoms with Gasteiger partial charge < -0.3 is 15.4 Å². The van der Waals surface area contributed by atoms with E-state index in [9.17, 15) is 13.2 Å². The van der Waals surface area contributed by atoms with E-state index < -0.39 is 10.0 Å². The van der Waals surface area contributed by atoms with Crippen molar-refractivity contribution in [2.24, 2.45) is 11.7 Å². The zero-order valence-electron chi connectivity index (χ0n) is 14.1. The van der Waals surface area contributed by atoms with Crippen LogP contribution in [0.5, 0.6) is 0 Å². The highest BCUT2D eigenvalue weighted by Crippen LogP contribution is 2.28. The van der Waals surface area contributed by atoms with Crippen LogP contribution in [0.2, 0.25) is 0 Å². The molecule has 0 saturated carbocycles. The Morgan fingerprint density at radius 3 is 2.68 bits per heavy atom. The van der Waals surface area contributed by atoms with Gasteiger partial charge in [-0.2, -0.15) is 4.31 Å². The molecule has 0 aliphatic carbocycles. The number of nitrogens with zero attached hydrogens (tertiary/aromatic N) is 2. The SMILES string of the molecule is CC1CC(CN)CN1C(=O)c1csc(S(=O)(=O)N2CCOCC2)c1.Cl. The maximum Gasteiger partial charge on any atom is 0.254 e.